The van der Waals surface area contributed by atoms with E-state index in [1.54, 1.807) is 18.2 Å². The maximum absolute atomic E-state index is 12.8. The summed E-state index contributed by atoms with van der Waals surface area (Å²) in [6, 6.07) is 12.8. The molecule has 4 rings (SSSR count). The molecule has 0 amide bonds. The number of carbonyl (C=O) groups excluding carboxylic acids is 3. The first kappa shape index (κ1) is 27.1. The molecular weight excluding hydrogens is 504 g/mol. The van der Waals surface area contributed by atoms with E-state index in [-0.39, 0.29) is 6.10 Å². The Bertz CT molecular complexity index is 1130. The van der Waals surface area contributed by atoms with Crippen LogP contribution in [0.2, 0.25) is 5.02 Å². The second-order valence-electron chi connectivity index (χ2n) is 9.01. The lowest BCUT2D eigenvalue weighted by Crippen LogP contribution is -2.55. The summed E-state index contributed by atoms with van der Waals surface area (Å²) in [7, 11) is 0. The SMILES string of the molecule is CC(=O)O[C@H]1[C@@H](OC(C)=O)C(=O)[C@@H](CO)O[C@H]1c1ccc(Cl)c(Cc2ccc(O[C@H]3CCOC3)cc2)c1. The minimum atomic E-state index is -1.42. The van der Waals surface area contributed by atoms with Crippen LogP contribution in [0.25, 0.3) is 0 Å². The number of ether oxygens (including phenoxy) is 5. The van der Waals surface area contributed by atoms with Gasteiger partial charge in [0.05, 0.1) is 19.8 Å². The normalized spacial score (nSPS) is 25.5. The lowest BCUT2D eigenvalue weighted by Gasteiger charge is -2.39. The van der Waals surface area contributed by atoms with E-state index in [1.165, 1.54) is 6.92 Å². The van der Waals surface area contributed by atoms with Crippen molar-refractivity contribution in [2.24, 2.45) is 0 Å². The van der Waals surface area contributed by atoms with Gasteiger partial charge in [-0.25, -0.2) is 0 Å². The van der Waals surface area contributed by atoms with Gasteiger partial charge in [0.2, 0.25) is 11.9 Å². The zero-order valence-electron chi connectivity index (χ0n) is 20.6. The monoisotopic (exact) mass is 532 g/mol. The van der Waals surface area contributed by atoms with E-state index in [9.17, 15) is 19.5 Å². The van der Waals surface area contributed by atoms with E-state index in [4.69, 9.17) is 35.3 Å². The number of carbonyl (C=O) groups is 3. The van der Waals surface area contributed by atoms with Crippen LogP contribution < -0.4 is 4.74 Å². The molecule has 2 aromatic carbocycles. The van der Waals surface area contributed by atoms with Crippen molar-refractivity contribution in [3.05, 3.63) is 64.2 Å². The number of hydrogen-bond acceptors (Lipinski definition) is 9. The molecule has 10 heteroatoms. The number of benzene rings is 2. The summed E-state index contributed by atoms with van der Waals surface area (Å²) >= 11 is 6.50. The van der Waals surface area contributed by atoms with Gasteiger partial charge < -0.3 is 28.8 Å². The molecule has 0 bridgehead atoms. The molecule has 2 aromatic rings. The molecule has 2 heterocycles. The van der Waals surface area contributed by atoms with Gasteiger partial charge in [0.15, 0.2) is 6.10 Å². The number of esters is 2. The summed E-state index contributed by atoms with van der Waals surface area (Å²) in [6.07, 6.45) is -3.48. The van der Waals surface area contributed by atoms with E-state index in [0.717, 1.165) is 30.2 Å². The first-order valence-corrected chi connectivity index (χ1v) is 12.4. The standard InChI is InChI=1S/C27H29ClO9/c1-15(30)34-26-24(32)23(13-29)37-25(27(26)35-16(2)31)18-5-8-22(28)19(12-18)11-17-3-6-20(7-4-17)36-21-9-10-33-14-21/h3-8,12,21,23,25-27,29H,9-11,13-14H2,1-2H3/t21-,23+,25-,26-,27+/m0/s1. The Morgan fingerprint density at radius 3 is 2.43 bits per heavy atom. The van der Waals surface area contributed by atoms with E-state index in [2.05, 4.69) is 0 Å². The quantitative estimate of drug-likeness (QED) is 0.512. The van der Waals surface area contributed by atoms with Gasteiger partial charge in [-0.3, -0.25) is 14.4 Å². The summed E-state index contributed by atoms with van der Waals surface area (Å²) in [5, 5.41) is 10.2. The molecule has 0 aliphatic carbocycles. The molecule has 2 saturated heterocycles. The van der Waals surface area contributed by atoms with Gasteiger partial charge in [0, 0.05) is 25.3 Å². The number of halogens is 1. The Balaban J connectivity index is 1.58. The summed E-state index contributed by atoms with van der Waals surface area (Å²) < 4.78 is 27.7. The van der Waals surface area contributed by atoms with E-state index < -0.39 is 48.7 Å². The zero-order chi connectivity index (χ0) is 26.5. The van der Waals surface area contributed by atoms with Crippen LogP contribution >= 0.6 is 11.6 Å². The van der Waals surface area contributed by atoms with Crippen LogP contribution in [-0.2, 0) is 39.8 Å². The van der Waals surface area contributed by atoms with Gasteiger partial charge in [-0.1, -0.05) is 35.9 Å². The molecule has 0 spiro atoms. The topological polar surface area (TPSA) is 118 Å². The Morgan fingerprint density at radius 1 is 1.08 bits per heavy atom. The third-order valence-electron chi connectivity index (χ3n) is 6.17. The van der Waals surface area contributed by atoms with Crippen molar-refractivity contribution < 1.29 is 43.2 Å². The maximum atomic E-state index is 12.8. The third-order valence-corrected chi connectivity index (χ3v) is 6.54. The highest BCUT2D eigenvalue weighted by Crippen LogP contribution is 2.36. The molecule has 2 aliphatic rings. The van der Waals surface area contributed by atoms with Crippen LogP contribution in [0.1, 0.15) is 43.1 Å². The summed E-state index contributed by atoms with van der Waals surface area (Å²) in [5.41, 5.74) is 2.30. The maximum Gasteiger partial charge on any atom is 0.303 e. The Labute approximate surface area is 219 Å². The predicted molar refractivity (Wildman–Crippen MR) is 131 cm³/mol. The predicted octanol–water partition coefficient (Wildman–Crippen LogP) is 2.96. The Hall–Kier alpha value is -2.98. The van der Waals surface area contributed by atoms with Gasteiger partial charge in [0.1, 0.15) is 24.1 Å². The number of hydrogen-bond donors (Lipinski definition) is 1. The summed E-state index contributed by atoms with van der Waals surface area (Å²) in [4.78, 5) is 36.3. The van der Waals surface area contributed by atoms with Crippen molar-refractivity contribution in [2.75, 3.05) is 19.8 Å². The third kappa shape index (κ3) is 6.67. The van der Waals surface area contributed by atoms with Crippen LogP contribution in [0.4, 0.5) is 0 Å². The summed E-state index contributed by atoms with van der Waals surface area (Å²) in [5.74, 6) is -1.32. The van der Waals surface area contributed by atoms with E-state index in [0.29, 0.717) is 30.2 Å². The highest BCUT2D eigenvalue weighted by atomic mass is 35.5. The van der Waals surface area contributed by atoms with Crippen molar-refractivity contribution >= 4 is 29.3 Å². The van der Waals surface area contributed by atoms with Gasteiger partial charge in [-0.05, 0) is 41.3 Å². The molecule has 1 N–H and O–H groups in total. The first-order valence-electron chi connectivity index (χ1n) is 12.0. The molecule has 2 aliphatic heterocycles. The van der Waals surface area contributed by atoms with Crippen molar-refractivity contribution in [3.63, 3.8) is 0 Å². The molecule has 0 aromatic heterocycles. The molecule has 0 saturated carbocycles. The molecular formula is C27H29ClO9. The van der Waals surface area contributed by atoms with Crippen LogP contribution in [0.3, 0.4) is 0 Å². The molecule has 0 unspecified atom stereocenters. The molecule has 37 heavy (non-hydrogen) atoms. The Kier molecular flexibility index (Phi) is 8.81. The van der Waals surface area contributed by atoms with Crippen LogP contribution in [0.5, 0.6) is 5.75 Å². The first-order chi connectivity index (χ1) is 17.7. The minimum Gasteiger partial charge on any atom is -0.488 e. The van der Waals surface area contributed by atoms with Crippen LogP contribution in [-0.4, -0.2) is 67.1 Å². The zero-order valence-corrected chi connectivity index (χ0v) is 21.3. The molecule has 0 radical (unpaired) electrons. The second kappa shape index (κ2) is 12.0. The van der Waals surface area contributed by atoms with Crippen molar-refractivity contribution in [3.8, 4) is 5.75 Å². The highest BCUT2D eigenvalue weighted by molar-refractivity contribution is 6.31. The van der Waals surface area contributed by atoms with Crippen molar-refractivity contribution in [2.45, 2.75) is 57.2 Å². The van der Waals surface area contributed by atoms with E-state index in [1.807, 2.05) is 24.3 Å². The fourth-order valence-electron chi connectivity index (χ4n) is 4.46. The average molecular weight is 533 g/mol. The van der Waals surface area contributed by atoms with Crippen LogP contribution in [0, 0.1) is 0 Å². The number of Topliss-reactive ketones (excluding diaryl/α,β-unsaturated/α-hetero) is 1. The smallest absolute Gasteiger partial charge is 0.303 e. The average Bonchev–Trinajstić information content (AvgIpc) is 3.37. The number of ketones is 1. The number of aliphatic hydroxyl groups is 1. The van der Waals surface area contributed by atoms with Crippen molar-refractivity contribution in [1.82, 2.24) is 0 Å². The largest absolute Gasteiger partial charge is 0.488 e. The molecule has 5 atom stereocenters. The fourth-order valence-corrected chi connectivity index (χ4v) is 4.64. The van der Waals surface area contributed by atoms with Gasteiger partial charge >= 0.3 is 11.9 Å². The van der Waals surface area contributed by atoms with Gasteiger partial charge in [-0.2, -0.15) is 0 Å². The molecule has 198 valence electrons. The van der Waals surface area contributed by atoms with Crippen molar-refractivity contribution in [1.29, 1.82) is 0 Å². The van der Waals surface area contributed by atoms with Gasteiger partial charge in [-0.15, -0.1) is 0 Å². The lowest BCUT2D eigenvalue weighted by atomic mass is 9.90. The number of rotatable bonds is 8. The minimum absolute atomic E-state index is 0.0584. The fraction of sp³-hybridized carbons (Fsp3) is 0.444. The number of aliphatic hydroxyl groups excluding tert-OH is 1. The lowest BCUT2D eigenvalue weighted by molar-refractivity contribution is -0.209. The second-order valence-corrected chi connectivity index (χ2v) is 9.42. The molecule has 9 nitrogen and oxygen atoms in total. The molecule has 2 fully saturated rings. The summed E-state index contributed by atoms with van der Waals surface area (Å²) in [6.45, 7) is 3.00. The Morgan fingerprint density at radius 2 is 1.81 bits per heavy atom. The highest BCUT2D eigenvalue weighted by Gasteiger charge is 2.49. The van der Waals surface area contributed by atoms with Gasteiger partial charge in [0.25, 0.3) is 0 Å². The van der Waals surface area contributed by atoms with Crippen LogP contribution in [0.15, 0.2) is 42.5 Å². The van der Waals surface area contributed by atoms with E-state index >= 15 is 0 Å².